The quantitative estimate of drug-likeness (QED) is 0.697. The van der Waals surface area contributed by atoms with Crippen molar-refractivity contribution in [2.45, 2.75) is 18.9 Å². The Morgan fingerprint density at radius 2 is 2.14 bits per heavy atom. The predicted octanol–water partition coefficient (Wildman–Crippen LogP) is 2.00. The fourth-order valence-corrected chi connectivity index (χ4v) is 2.37. The van der Waals surface area contributed by atoms with Crippen LogP contribution in [-0.4, -0.2) is 25.0 Å². The molecule has 2 rings (SSSR count). The first-order valence-corrected chi connectivity index (χ1v) is 5.90. The number of pyridine rings is 1. The van der Waals surface area contributed by atoms with Crippen LogP contribution in [0.15, 0.2) is 29.0 Å². The van der Waals surface area contributed by atoms with Crippen LogP contribution in [0.4, 0.5) is 0 Å². The number of hydrogen-bond donors (Lipinski definition) is 0. The summed E-state index contributed by atoms with van der Waals surface area (Å²) in [6.45, 7) is 2.42. The van der Waals surface area contributed by atoms with Crippen LogP contribution in [0.25, 0.3) is 0 Å². The van der Waals surface area contributed by atoms with Crippen LogP contribution in [0.5, 0.6) is 0 Å². The number of likely N-dealkylation sites (tertiary alicyclic amines) is 1. The standard InChI is InChI=1S/C11H16BrN2/c1-13-7-4-11(5-8-13)14-6-2-3-10(12)9-14/h2-3,6,9,11H,4-5,7-8H2,1H3/q+1. The molecule has 1 aromatic rings. The molecule has 0 unspecified atom stereocenters. The van der Waals surface area contributed by atoms with Gasteiger partial charge in [-0.25, -0.2) is 4.57 Å². The van der Waals surface area contributed by atoms with Crippen molar-refractivity contribution in [3.05, 3.63) is 29.0 Å². The highest BCUT2D eigenvalue weighted by molar-refractivity contribution is 9.10. The molecule has 0 N–H and O–H groups in total. The number of hydrogen-bond acceptors (Lipinski definition) is 1. The number of nitrogens with zero attached hydrogens (tertiary/aromatic N) is 2. The largest absolute Gasteiger partial charge is 0.306 e. The van der Waals surface area contributed by atoms with Crippen LogP contribution >= 0.6 is 15.9 Å². The zero-order chi connectivity index (χ0) is 9.97. The molecule has 1 aliphatic rings. The van der Waals surface area contributed by atoms with Crippen molar-refractivity contribution >= 4 is 15.9 Å². The maximum absolute atomic E-state index is 3.51. The van der Waals surface area contributed by atoms with Gasteiger partial charge in [0.25, 0.3) is 0 Å². The van der Waals surface area contributed by atoms with Gasteiger partial charge >= 0.3 is 0 Å². The molecule has 1 aliphatic heterocycles. The summed E-state index contributed by atoms with van der Waals surface area (Å²) < 4.78 is 3.50. The first-order valence-electron chi connectivity index (χ1n) is 5.10. The van der Waals surface area contributed by atoms with Gasteiger partial charge in [0.15, 0.2) is 18.4 Å². The highest BCUT2D eigenvalue weighted by Crippen LogP contribution is 2.16. The van der Waals surface area contributed by atoms with Crippen LogP contribution in [0.3, 0.4) is 0 Å². The van der Waals surface area contributed by atoms with E-state index in [0.29, 0.717) is 6.04 Å². The maximum atomic E-state index is 3.51. The summed E-state index contributed by atoms with van der Waals surface area (Å²) in [5, 5.41) is 0. The van der Waals surface area contributed by atoms with Crippen molar-refractivity contribution in [2.75, 3.05) is 20.1 Å². The van der Waals surface area contributed by atoms with E-state index in [1.165, 1.54) is 30.4 Å². The van der Waals surface area contributed by atoms with Gasteiger partial charge in [-0.05, 0) is 29.0 Å². The average molecular weight is 256 g/mol. The second-order valence-electron chi connectivity index (χ2n) is 4.00. The number of piperidine rings is 1. The van der Waals surface area contributed by atoms with E-state index in [4.69, 9.17) is 0 Å². The monoisotopic (exact) mass is 255 g/mol. The second kappa shape index (κ2) is 4.41. The molecule has 0 spiro atoms. The van der Waals surface area contributed by atoms with Crippen LogP contribution in [0.2, 0.25) is 0 Å². The summed E-state index contributed by atoms with van der Waals surface area (Å²) in [6, 6.07) is 4.86. The molecule has 0 saturated carbocycles. The topological polar surface area (TPSA) is 7.12 Å². The van der Waals surface area contributed by atoms with Gasteiger partial charge in [0.05, 0.1) is 4.47 Å². The molecule has 76 valence electrons. The summed E-state index contributed by atoms with van der Waals surface area (Å²) >= 11 is 3.51. The fourth-order valence-electron chi connectivity index (χ4n) is 1.98. The Bertz CT molecular complexity index is 306. The minimum atomic E-state index is 0.684. The summed E-state index contributed by atoms with van der Waals surface area (Å²) in [7, 11) is 2.20. The molecule has 0 amide bonds. The lowest BCUT2D eigenvalue weighted by Crippen LogP contribution is -2.45. The Hall–Kier alpha value is -0.410. The van der Waals surface area contributed by atoms with E-state index in [0.717, 1.165) is 0 Å². The van der Waals surface area contributed by atoms with E-state index in [-0.39, 0.29) is 0 Å². The zero-order valence-corrected chi connectivity index (χ0v) is 10.1. The summed E-state index contributed by atoms with van der Waals surface area (Å²) in [5.74, 6) is 0. The van der Waals surface area contributed by atoms with Gasteiger partial charge in [-0.1, -0.05) is 0 Å². The first kappa shape index (κ1) is 10.1. The third-order valence-electron chi connectivity index (χ3n) is 2.90. The lowest BCUT2D eigenvalue weighted by Gasteiger charge is -2.25. The Labute approximate surface area is 93.7 Å². The molecule has 3 heteroatoms. The van der Waals surface area contributed by atoms with E-state index in [1.807, 2.05) is 0 Å². The van der Waals surface area contributed by atoms with E-state index in [9.17, 15) is 0 Å². The highest BCUT2D eigenvalue weighted by atomic mass is 79.9. The summed E-state index contributed by atoms with van der Waals surface area (Å²) in [4.78, 5) is 2.40. The number of halogens is 1. The minimum absolute atomic E-state index is 0.684. The van der Waals surface area contributed by atoms with Gasteiger partial charge in [-0.15, -0.1) is 0 Å². The molecule has 1 fully saturated rings. The molecule has 2 nitrogen and oxygen atoms in total. The van der Waals surface area contributed by atoms with Gasteiger partial charge in [-0.3, -0.25) is 0 Å². The van der Waals surface area contributed by atoms with Crippen molar-refractivity contribution < 1.29 is 4.57 Å². The summed E-state index contributed by atoms with van der Waals surface area (Å²) in [5.41, 5.74) is 0. The minimum Gasteiger partial charge on any atom is -0.306 e. The number of rotatable bonds is 1. The van der Waals surface area contributed by atoms with Crippen molar-refractivity contribution in [3.63, 3.8) is 0 Å². The Kier molecular flexibility index (Phi) is 3.19. The first-order chi connectivity index (χ1) is 6.75. The smallest absolute Gasteiger partial charge is 0.183 e. The normalized spacial score (nSPS) is 19.9. The molecule has 0 radical (unpaired) electrons. The molecule has 0 aliphatic carbocycles. The van der Waals surface area contributed by atoms with E-state index >= 15 is 0 Å². The van der Waals surface area contributed by atoms with Gasteiger partial charge in [0, 0.05) is 32.0 Å². The molecule has 0 atom stereocenters. The van der Waals surface area contributed by atoms with Crippen LogP contribution in [0, 0.1) is 0 Å². The SMILES string of the molecule is CN1CCC([n+]2cccc(Br)c2)CC1. The zero-order valence-electron chi connectivity index (χ0n) is 8.49. The molecule has 1 saturated heterocycles. The lowest BCUT2D eigenvalue weighted by atomic mass is 10.1. The molecule has 2 heterocycles. The Balaban J connectivity index is 2.08. The van der Waals surface area contributed by atoms with E-state index in [1.54, 1.807) is 0 Å². The third kappa shape index (κ3) is 2.34. The van der Waals surface area contributed by atoms with E-state index < -0.39 is 0 Å². The maximum Gasteiger partial charge on any atom is 0.183 e. The second-order valence-corrected chi connectivity index (χ2v) is 4.92. The molecule has 0 bridgehead atoms. The van der Waals surface area contributed by atoms with Crippen molar-refractivity contribution in [1.29, 1.82) is 0 Å². The third-order valence-corrected chi connectivity index (χ3v) is 3.36. The highest BCUT2D eigenvalue weighted by Gasteiger charge is 2.23. The molecule has 1 aromatic heterocycles. The molecular weight excluding hydrogens is 240 g/mol. The molecule has 0 aromatic carbocycles. The van der Waals surface area contributed by atoms with E-state index in [2.05, 4.69) is 57.0 Å². The molecule has 14 heavy (non-hydrogen) atoms. The van der Waals surface area contributed by atoms with Crippen molar-refractivity contribution in [2.24, 2.45) is 0 Å². The van der Waals surface area contributed by atoms with Crippen molar-refractivity contribution in [3.8, 4) is 0 Å². The van der Waals surface area contributed by atoms with Gasteiger partial charge < -0.3 is 4.90 Å². The van der Waals surface area contributed by atoms with Gasteiger partial charge in [0.2, 0.25) is 0 Å². The fraction of sp³-hybridized carbons (Fsp3) is 0.545. The number of aromatic nitrogens is 1. The van der Waals surface area contributed by atoms with Gasteiger partial charge in [-0.2, -0.15) is 0 Å². The van der Waals surface area contributed by atoms with Crippen molar-refractivity contribution in [1.82, 2.24) is 4.90 Å². The lowest BCUT2D eigenvalue weighted by molar-refractivity contribution is -0.726. The average Bonchev–Trinajstić information content (AvgIpc) is 2.19. The van der Waals surface area contributed by atoms with Crippen LogP contribution < -0.4 is 4.57 Å². The molecular formula is C11H16BrN2+. The van der Waals surface area contributed by atoms with Crippen LogP contribution in [-0.2, 0) is 0 Å². The predicted molar refractivity (Wildman–Crippen MR) is 60.1 cm³/mol. The Morgan fingerprint density at radius 3 is 2.79 bits per heavy atom. The summed E-state index contributed by atoms with van der Waals surface area (Å²) in [6.07, 6.45) is 6.87. The van der Waals surface area contributed by atoms with Gasteiger partial charge in [0.1, 0.15) is 0 Å². The Morgan fingerprint density at radius 1 is 1.43 bits per heavy atom. The van der Waals surface area contributed by atoms with Crippen LogP contribution in [0.1, 0.15) is 18.9 Å².